The van der Waals surface area contributed by atoms with E-state index in [-0.39, 0.29) is 0 Å². The molecule has 2 unspecified atom stereocenters. The van der Waals surface area contributed by atoms with Crippen molar-refractivity contribution in [3.63, 3.8) is 0 Å². The van der Waals surface area contributed by atoms with Gasteiger partial charge in [-0.2, -0.15) is 0 Å². The highest BCUT2D eigenvalue weighted by molar-refractivity contribution is 7.13. The number of aliphatic hydroxyl groups excluding tert-OH is 3. The molecule has 0 aliphatic heterocycles. The minimum atomic E-state index is -1.18. The molecule has 1 aromatic carbocycles. The number of aliphatic hydroxyl groups is 3. The Hall–Kier alpha value is -1.47. The van der Waals surface area contributed by atoms with Gasteiger partial charge in [0.2, 0.25) is 0 Å². The van der Waals surface area contributed by atoms with E-state index in [2.05, 4.69) is 4.98 Å². The summed E-state index contributed by atoms with van der Waals surface area (Å²) in [7, 11) is 0. The number of aromatic nitrogens is 1. The Morgan fingerprint density at radius 2 is 1.89 bits per heavy atom. The lowest BCUT2D eigenvalue weighted by atomic mass is 10.0. The van der Waals surface area contributed by atoms with Crippen molar-refractivity contribution in [1.82, 2.24) is 4.98 Å². The highest BCUT2D eigenvalue weighted by atomic mass is 32.1. The third kappa shape index (κ3) is 2.68. The predicted molar refractivity (Wildman–Crippen MR) is 70.0 cm³/mol. The Balaban J connectivity index is 2.20. The molecule has 1 heterocycles. The van der Waals surface area contributed by atoms with Crippen LogP contribution in [0.2, 0.25) is 0 Å². The molecular formula is C12H14N2O3S. The van der Waals surface area contributed by atoms with Gasteiger partial charge < -0.3 is 21.1 Å². The Morgan fingerprint density at radius 3 is 2.39 bits per heavy atom. The molecule has 0 aliphatic rings. The summed E-state index contributed by atoms with van der Waals surface area (Å²) in [6.07, 6.45) is -2.27. The van der Waals surface area contributed by atoms with Crippen molar-refractivity contribution in [2.24, 2.45) is 0 Å². The summed E-state index contributed by atoms with van der Waals surface area (Å²) in [6.45, 7) is -0.481. The molecule has 0 fully saturated rings. The number of rotatable bonds is 4. The third-order valence-corrected chi connectivity index (χ3v) is 3.30. The summed E-state index contributed by atoms with van der Waals surface area (Å²) >= 11 is 1.36. The normalized spacial score (nSPS) is 14.4. The van der Waals surface area contributed by atoms with Crippen LogP contribution in [0.25, 0.3) is 11.3 Å². The standard InChI is InChI=1S/C12H14N2O3S/c13-12-14-9(6-18-12)7-1-3-8(4-2-7)11(17)10(16)5-15/h1-4,6,10-11,15-17H,5H2,(H2,13,14). The average Bonchev–Trinajstić information content (AvgIpc) is 2.84. The molecule has 0 spiro atoms. The molecule has 5 nitrogen and oxygen atoms in total. The maximum atomic E-state index is 9.71. The van der Waals surface area contributed by atoms with Gasteiger partial charge in [0, 0.05) is 10.9 Å². The maximum Gasteiger partial charge on any atom is 0.180 e. The minimum absolute atomic E-state index is 0.481. The molecule has 96 valence electrons. The second-order valence-corrected chi connectivity index (χ2v) is 4.78. The molecule has 0 saturated heterocycles. The number of thiazole rings is 1. The number of nitrogens with zero attached hydrogens (tertiary/aromatic N) is 1. The van der Waals surface area contributed by atoms with Crippen LogP contribution in [0.15, 0.2) is 29.6 Å². The fourth-order valence-corrected chi connectivity index (χ4v) is 2.17. The molecule has 0 amide bonds. The maximum absolute atomic E-state index is 9.71. The summed E-state index contributed by atoms with van der Waals surface area (Å²) in [4.78, 5) is 4.15. The lowest BCUT2D eigenvalue weighted by Crippen LogP contribution is -2.21. The molecule has 2 aromatic rings. The largest absolute Gasteiger partial charge is 0.394 e. The van der Waals surface area contributed by atoms with Crippen molar-refractivity contribution < 1.29 is 15.3 Å². The molecule has 0 aliphatic carbocycles. The number of benzene rings is 1. The Morgan fingerprint density at radius 1 is 1.22 bits per heavy atom. The SMILES string of the molecule is Nc1nc(-c2ccc(C(O)C(O)CO)cc2)cs1. The fourth-order valence-electron chi connectivity index (χ4n) is 1.59. The number of hydrogen-bond donors (Lipinski definition) is 4. The summed E-state index contributed by atoms with van der Waals surface area (Å²) in [5.74, 6) is 0. The van der Waals surface area contributed by atoms with Crippen molar-refractivity contribution >= 4 is 16.5 Å². The van der Waals surface area contributed by atoms with E-state index in [1.807, 2.05) is 5.38 Å². The van der Waals surface area contributed by atoms with E-state index in [0.717, 1.165) is 11.3 Å². The third-order valence-electron chi connectivity index (χ3n) is 2.62. The average molecular weight is 266 g/mol. The van der Waals surface area contributed by atoms with Gasteiger partial charge in [0.05, 0.1) is 12.3 Å². The van der Waals surface area contributed by atoms with Crippen molar-refractivity contribution in [2.75, 3.05) is 12.3 Å². The molecule has 1 aromatic heterocycles. The van der Waals surface area contributed by atoms with E-state index in [1.165, 1.54) is 11.3 Å². The van der Waals surface area contributed by atoms with E-state index in [0.29, 0.717) is 10.7 Å². The van der Waals surface area contributed by atoms with Crippen LogP contribution in [-0.2, 0) is 0 Å². The van der Waals surface area contributed by atoms with Crippen LogP contribution in [-0.4, -0.2) is 33.0 Å². The molecular weight excluding hydrogens is 252 g/mol. The molecule has 2 rings (SSSR count). The molecule has 6 heteroatoms. The molecule has 5 N–H and O–H groups in total. The number of anilines is 1. The van der Waals surface area contributed by atoms with Gasteiger partial charge >= 0.3 is 0 Å². The van der Waals surface area contributed by atoms with Crippen molar-refractivity contribution in [3.8, 4) is 11.3 Å². The van der Waals surface area contributed by atoms with Gasteiger partial charge in [0.1, 0.15) is 12.2 Å². The fraction of sp³-hybridized carbons (Fsp3) is 0.250. The van der Waals surface area contributed by atoms with Crippen molar-refractivity contribution in [1.29, 1.82) is 0 Å². The summed E-state index contributed by atoms with van der Waals surface area (Å²) < 4.78 is 0. The van der Waals surface area contributed by atoms with Crippen LogP contribution in [0, 0.1) is 0 Å². The molecule has 2 atom stereocenters. The zero-order valence-corrected chi connectivity index (χ0v) is 10.3. The highest BCUT2D eigenvalue weighted by Crippen LogP contribution is 2.25. The topological polar surface area (TPSA) is 99.6 Å². The van der Waals surface area contributed by atoms with Gasteiger partial charge in [-0.1, -0.05) is 24.3 Å². The first-order valence-electron chi connectivity index (χ1n) is 5.40. The zero-order chi connectivity index (χ0) is 13.1. The van der Waals surface area contributed by atoms with Gasteiger partial charge in [-0.15, -0.1) is 11.3 Å². The first-order valence-corrected chi connectivity index (χ1v) is 6.28. The highest BCUT2D eigenvalue weighted by Gasteiger charge is 2.17. The van der Waals surface area contributed by atoms with E-state index in [9.17, 15) is 10.2 Å². The molecule has 0 bridgehead atoms. The van der Waals surface area contributed by atoms with Gasteiger partial charge in [0.15, 0.2) is 5.13 Å². The quantitative estimate of drug-likeness (QED) is 0.655. The van der Waals surface area contributed by atoms with E-state index >= 15 is 0 Å². The van der Waals surface area contributed by atoms with Gasteiger partial charge in [-0.05, 0) is 5.56 Å². The Labute approximate surface area is 108 Å². The van der Waals surface area contributed by atoms with Gasteiger partial charge in [0.25, 0.3) is 0 Å². The lowest BCUT2D eigenvalue weighted by molar-refractivity contribution is -0.0152. The van der Waals surface area contributed by atoms with Gasteiger partial charge in [-0.25, -0.2) is 4.98 Å². The van der Waals surface area contributed by atoms with Crippen LogP contribution in [0.3, 0.4) is 0 Å². The second kappa shape index (κ2) is 5.45. The Bertz CT molecular complexity index is 512. The Kier molecular flexibility index (Phi) is 3.93. The van der Waals surface area contributed by atoms with Crippen LogP contribution < -0.4 is 5.73 Å². The van der Waals surface area contributed by atoms with E-state index in [1.54, 1.807) is 24.3 Å². The first-order chi connectivity index (χ1) is 8.61. The van der Waals surface area contributed by atoms with Crippen molar-refractivity contribution in [3.05, 3.63) is 35.2 Å². The predicted octanol–water partition coefficient (Wildman–Crippen LogP) is 0.779. The van der Waals surface area contributed by atoms with E-state index in [4.69, 9.17) is 10.8 Å². The molecule has 0 saturated carbocycles. The van der Waals surface area contributed by atoms with Crippen LogP contribution in [0.5, 0.6) is 0 Å². The van der Waals surface area contributed by atoms with Crippen LogP contribution in [0.4, 0.5) is 5.13 Å². The van der Waals surface area contributed by atoms with E-state index < -0.39 is 18.8 Å². The summed E-state index contributed by atoms with van der Waals surface area (Å²) in [5, 5.41) is 30.2. The monoisotopic (exact) mass is 266 g/mol. The lowest BCUT2D eigenvalue weighted by Gasteiger charge is -2.15. The second-order valence-electron chi connectivity index (χ2n) is 3.89. The van der Waals surface area contributed by atoms with Crippen LogP contribution in [0.1, 0.15) is 11.7 Å². The number of nitrogens with two attached hydrogens (primary N) is 1. The first kappa shape index (κ1) is 13.0. The van der Waals surface area contributed by atoms with Gasteiger partial charge in [-0.3, -0.25) is 0 Å². The number of hydrogen-bond acceptors (Lipinski definition) is 6. The molecule has 0 radical (unpaired) electrons. The number of nitrogen functional groups attached to an aromatic ring is 1. The van der Waals surface area contributed by atoms with Crippen molar-refractivity contribution in [2.45, 2.75) is 12.2 Å². The smallest absolute Gasteiger partial charge is 0.180 e. The minimum Gasteiger partial charge on any atom is -0.394 e. The zero-order valence-electron chi connectivity index (χ0n) is 9.52. The summed E-state index contributed by atoms with van der Waals surface area (Å²) in [6, 6.07) is 6.96. The summed E-state index contributed by atoms with van der Waals surface area (Å²) in [5.41, 5.74) is 7.77. The van der Waals surface area contributed by atoms with Crippen LogP contribution >= 0.6 is 11.3 Å². The molecule has 18 heavy (non-hydrogen) atoms.